The zero-order valence-corrected chi connectivity index (χ0v) is 14.3. The van der Waals surface area contributed by atoms with Gasteiger partial charge in [0.15, 0.2) is 0 Å². The Bertz CT molecular complexity index is 759. The molecule has 2 nitrogen and oxygen atoms in total. The Kier molecular flexibility index (Phi) is 3.93. The van der Waals surface area contributed by atoms with Crippen LogP contribution >= 0.6 is 0 Å². The van der Waals surface area contributed by atoms with E-state index in [9.17, 15) is 5.11 Å². The Balaban J connectivity index is 1.95. The Labute approximate surface area is 138 Å². The molecule has 3 rings (SSSR count). The molecule has 1 aliphatic heterocycles. The van der Waals surface area contributed by atoms with Gasteiger partial charge in [-0.1, -0.05) is 36.4 Å². The molecule has 2 aromatic carbocycles. The lowest BCUT2D eigenvalue weighted by Crippen LogP contribution is -2.34. The predicted molar refractivity (Wildman–Crippen MR) is 95.1 cm³/mol. The van der Waals surface area contributed by atoms with E-state index in [-0.39, 0.29) is 5.60 Å². The number of fused-ring (bicyclic) bond motifs is 1. The highest BCUT2D eigenvalue weighted by molar-refractivity contribution is 5.59. The van der Waals surface area contributed by atoms with Crippen LogP contribution in [-0.2, 0) is 6.42 Å². The van der Waals surface area contributed by atoms with E-state index in [1.807, 2.05) is 39.0 Å². The molecular formula is C21H24O2. The molecule has 0 aromatic heterocycles. The average Bonchev–Trinajstić information content (AvgIpc) is 2.57. The summed E-state index contributed by atoms with van der Waals surface area (Å²) in [7, 11) is 0. The second kappa shape index (κ2) is 5.77. The first-order valence-corrected chi connectivity index (χ1v) is 8.16. The fourth-order valence-electron chi connectivity index (χ4n) is 3.22. The number of rotatable bonds is 2. The molecule has 1 N–H and O–H groups in total. The molecule has 1 heterocycles. The normalized spacial score (nSPS) is 20.3. The van der Waals surface area contributed by atoms with Crippen molar-refractivity contribution >= 4 is 6.08 Å². The minimum absolute atomic E-state index is 0.316. The van der Waals surface area contributed by atoms with Gasteiger partial charge in [0, 0.05) is 5.56 Å². The number of hydrogen-bond donors (Lipinski definition) is 1. The zero-order chi connectivity index (χ0) is 16.6. The zero-order valence-electron chi connectivity index (χ0n) is 14.3. The van der Waals surface area contributed by atoms with Gasteiger partial charge in [-0.25, -0.2) is 0 Å². The molecule has 120 valence electrons. The summed E-state index contributed by atoms with van der Waals surface area (Å²) in [5, 5.41) is 10.3. The molecule has 1 atom stereocenters. The third-order valence-electron chi connectivity index (χ3n) is 4.97. The monoisotopic (exact) mass is 308 g/mol. The van der Waals surface area contributed by atoms with Crippen LogP contribution in [-0.4, -0.2) is 10.7 Å². The number of phenolic OH excluding ortho intramolecular Hbond substituents is 1. The topological polar surface area (TPSA) is 29.5 Å². The maximum Gasteiger partial charge on any atom is 0.127 e. The van der Waals surface area contributed by atoms with Crippen LogP contribution in [0.25, 0.3) is 6.08 Å². The molecule has 0 amide bonds. The summed E-state index contributed by atoms with van der Waals surface area (Å²) in [5.41, 5.74) is 4.93. The third kappa shape index (κ3) is 2.86. The summed E-state index contributed by atoms with van der Waals surface area (Å²) in [6, 6.07) is 10.3. The summed E-state index contributed by atoms with van der Waals surface area (Å²) >= 11 is 0. The molecule has 0 aliphatic carbocycles. The lowest BCUT2D eigenvalue weighted by atomic mass is 9.87. The smallest absolute Gasteiger partial charge is 0.127 e. The molecule has 2 heteroatoms. The Morgan fingerprint density at radius 3 is 2.43 bits per heavy atom. The number of phenols is 1. The molecule has 0 saturated carbocycles. The number of benzene rings is 2. The summed E-state index contributed by atoms with van der Waals surface area (Å²) in [6.07, 6.45) is 6.11. The van der Waals surface area contributed by atoms with E-state index in [4.69, 9.17) is 4.74 Å². The molecular weight excluding hydrogens is 284 g/mol. The van der Waals surface area contributed by atoms with Crippen molar-refractivity contribution in [2.24, 2.45) is 0 Å². The van der Waals surface area contributed by atoms with Crippen molar-refractivity contribution in [3.05, 3.63) is 64.2 Å². The van der Waals surface area contributed by atoms with Crippen LogP contribution in [0.1, 0.15) is 41.2 Å². The number of hydrogen-bond acceptors (Lipinski definition) is 2. The molecule has 2 aromatic rings. The second-order valence-corrected chi connectivity index (χ2v) is 6.69. The molecule has 0 saturated heterocycles. The first-order chi connectivity index (χ1) is 10.9. The largest absolute Gasteiger partial charge is 0.507 e. The summed E-state index contributed by atoms with van der Waals surface area (Å²) in [5.74, 6) is 1.36. The Morgan fingerprint density at radius 2 is 1.74 bits per heavy atom. The third-order valence-corrected chi connectivity index (χ3v) is 4.97. The number of ether oxygens (including phenoxy) is 1. The van der Waals surface area contributed by atoms with E-state index in [2.05, 4.69) is 31.2 Å². The van der Waals surface area contributed by atoms with Crippen LogP contribution in [0.15, 0.2) is 36.4 Å². The quantitative estimate of drug-likeness (QED) is 0.835. The maximum atomic E-state index is 10.3. The first kappa shape index (κ1) is 15.7. The minimum atomic E-state index is -0.316. The van der Waals surface area contributed by atoms with E-state index < -0.39 is 0 Å². The van der Waals surface area contributed by atoms with Crippen LogP contribution in [0, 0.1) is 20.8 Å². The van der Waals surface area contributed by atoms with E-state index in [1.54, 1.807) is 0 Å². The number of aromatic hydroxyl groups is 1. The lowest BCUT2D eigenvalue weighted by molar-refractivity contribution is 0.113. The van der Waals surface area contributed by atoms with E-state index in [0.717, 1.165) is 40.8 Å². The van der Waals surface area contributed by atoms with E-state index in [0.29, 0.717) is 5.75 Å². The highest BCUT2D eigenvalue weighted by Crippen LogP contribution is 2.43. The molecule has 1 aliphatic rings. The lowest BCUT2D eigenvalue weighted by Gasteiger charge is -2.36. The molecule has 0 bridgehead atoms. The van der Waals surface area contributed by atoms with Crippen molar-refractivity contribution in [3.63, 3.8) is 0 Å². The van der Waals surface area contributed by atoms with Crippen molar-refractivity contribution in [1.82, 2.24) is 0 Å². The average molecular weight is 308 g/mol. The van der Waals surface area contributed by atoms with Crippen molar-refractivity contribution < 1.29 is 9.84 Å². The minimum Gasteiger partial charge on any atom is -0.507 e. The van der Waals surface area contributed by atoms with Crippen LogP contribution in [0.3, 0.4) is 0 Å². The Hall–Kier alpha value is -2.22. The predicted octanol–water partition coefficient (Wildman–Crippen LogP) is 5.11. The van der Waals surface area contributed by atoms with E-state index in [1.165, 1.54) is 5.56 Å². The van der Waals surface area contributed by atoms with Crippen LogP contribution in [0.4, 0.5) is 0 Å². The van der Waals surface area contributed by atoms with Gasteiger partial charge in [-0.2, -0.15) is 0 Å². The summed E-state index contributed by atoms with van der Waals surface area (Å²) in [4.78, 5) is 0. The fraction of sp³-hybridized carbons (Fsp3) is 0.333. The van der Waals surface area contributed by atoms with Crippen molar-refractivity contribution in [2.45, 2.75) is 46.1 Å². The first-order valence-electron chi connectivity index (χ1n) is 8.16. The molecule has 0 radical (unpaired) electrons. The van der Waals surface area contributed by atoms with Crippen LogP contribution < -0.4 is 4.74 Å². The van der Waals surface area contributed by atoms with Gasteiger partial charge in [0.05, 0.1) is 0 Å². The molecule has 0 spiro atoms. The Morgan fingerprint density at radius 1 is 1.04 bits per heavy atom. The van der Waals surface area contributed by atoms with Gasteiger partial charge in [0.25, 0.3) is 0 Å². The van der Waals surface area contributed by atoms with Gasteiger partial charge in [-0.15, -0.1) is 0 Å². The van der Waals surface area contributed by atoms with Gasteiger partial charge in [0.1, 0.15) is 17.1 Å². The van der Waals surface area contributed by atoms with Crippen LogP contribution in [0.5, 0.6) is 11.5 Å². The van der Waals surface area contributed by atoms with Gasteiger partial charge in [-0.3, -0.25) is 0 Å². The van der Waals surface area contributed by atoms with Gasteiger partial charge in [0.2, 0.25) is 0 Å². The molecule has 23 heavy (non-hydrogen) atoms. The molecule has 1 unspecified atom stereocenters. The SMILES string of the molecule is Cc1c(C)c2c(c(C)c1O)CCC(C)(/C=C/c1ccccc1)O2. The van der Waals surface area contributed by atoms with Crippen LogP contribution in [0.2, 0.25) is 0 Å². The fourth-order valence-corrected chi connectivity index (χ4v) is 3.22. The highest BCUT2D eigenvalue weighted by Gasteiger charge is 2.32. The van der Waals surface area contributed by atoms with Crippen molar-refractivity contribution in [2.75, 3.05) is 0 Å². The second-order valence-electron chi connectivity index (χ2n) is 6.69. The standard InChI is InChI=1S/C21H24O2/c1-14-15(2)20-18(16(3)19(14)22)11-13-21(4,23-20)12-10-17-8-6-5-7-9-17/h5-10,12,22H,11,13H2,1-4H3/b12-10+. The van der Waals surface area contributed by atoms with Gasteiger partial charge in [-0.05, 0) is 68.9 Å². The van der Waals surface area contributed by atoms with Crippen molar-refractivity contribution in [1.29, 1.82) is 0 Å². The maximum absolute atomic E-state index is 10.3. The summed E-state index contributed by atoms with van der Waals surface area (Å²) < 4.78 is 6.39. The molecule has 0 fully saturated rings. The van der Waals surface area contributed by atoms with Gasteiger partial charge < -0.3 is 9.84 Å². The highest BCUT2D eigenvalue weighted by atomic mass is 16.5. The summed E-state index contributed by atoms with van der Waals surface area (Å²) in [6.45, 7) is 8.09. The van der Waals surface area contributed by atoms with Crippen molar-refractivity contribution in [3.8, 4) is 11.5 Å². The van der Waals surface area contributed by atoms with Gasteiger partial charge >= 0.3 is 0 Å². The van der Waals surface area contributed by atoms with E-state index >= 15 is 0 Å².